The molecule has 1 aromatic rings. The summed E-state index contributed by atoms with van der Waals surface area (Å²) in [5.74, 6) is 0.768. The molecule has 0 aromatic heterocycles. The van der Waals surface area contributed by atoms with Crippen molar-refractivity contribution in [1.29, 1.82) is 0 Å². The first-order chi connectivity index (χ1) is 12.2. The van der Waals surface area contributed by atoms with Gasteiger partial charge in [0.15, 0.2) is 5.78 Å². The Morgan fingerprint density at radius 1 is 1.38 bits per heavy atom. The molecule has 26 heavy (non-hydrogen) atoms. The van der Waals surface area contributed by atoms with Crippen molar-refractivity contribution in [1.82, 2.24) is 5.32 Å². The summed E-state index contributed by atoms with van der Waals surface area (Å²) in [6, 6.07) is 5.08. The molecule has 4 N–H and O–H groups in total. The summed E-state index contributed by atoms with van der Waals surface area (Å²) < 4.78 is 0. The van der Waals surface area contributed by atoms with Crippen LogP contribution in [0.3, 0.4) is 0 Å². The molecule has 0 saturated heterocycles. The third kappa shape index (κ3) is 3.12. The van der Waals surface area contributed by atoms with Crippen LogP contribution in [-0.2, 0) is 4.79 Å². The van der Waals surface area contributed by atoms with Gasteiger partial charge in [-0.25, -0.2) is 0 Å². The van der Waals surface area contributed by atoms with Crippen LogP contribution in [0, 0.1) is 22.5 Å². The number of nitrogens with zero attached hydrogens (tertiary/aromatic N) is 1. The summed E-state index contributed by atoms with van der Waals surface area (Å²) in [5.41, 5.74) is 2.14. The minimum atomic E-state index is -1.04. The van der Waals surface area contributed by atoms with Crippen LogP contribution in [-0.4, -0.2) is 33.9 Å². The van der Waals surface area contributed by atoms with Crippen LogP contribution in [0.25, 0.3) is 0 Å². The van der Waals surface area contributed by atoms with Crippen molar-refractivity contribution in [3.05, 3.63) is 46.3 Å². The highest BCUT2D eigenvalue weighted by Crippen LogP contribution is 2.68. The van der Waals surface area contributed by atoms with Crippen LogP contribution in [0.15, 0.2) is 35.5 Å². The number of ketones is 1. The summed E-state index contributed by atoms with van der Waals surface area (Å²) in [6.45, 7) is 5.79. The first-order valence-corrected chi connectivity index (χ1v) is 8.74. The predicted octanol–water partition coefficient (Wildman–Crippen LogP) is 1.88. The zero-order valence-corrected chi connectivity index (χ0v) is 15.1. The molecule has 0 bridgehead atoms. The van der Waals surface area contributed by atoms with Gasteiger partial charge < -0.3 is 26.0 Å². The van der Waals surface area contributed by atoms with Gasteiger partial charge in [0, 0.05) is 17.7 Å². The van der Waals surface area contributed by atoms with Gasteiger partial charge >= 0.3 is 0 Å². The van der Waals surface area contributed by atoms with Gasteiger partial charge in [-0.3, -0.25) is 10.0 Å². The summed E-state index contributed by atoms with van der Waals surface area (Å²) in [7, 11) is 0. The van der Waals surface area contributed by atoms with E-state index in [4.69, 9.17) is 5.21 Å². The summed E-state index contributed by atoms with van der Waals surface area (Å²) in [4.78, 5) is 12.3. The minimum absolute atomic E-state index is 0.0475. The average molecular weight is 361 g/mol. The number of benzene rings is 1. The molecule has 0 radical (unpaired) electrons. The fourth-order valence-electron chi connectivity index (χ4n) is 4.24. The third-order valence-electron chi connectivity index (χ3n) is 5.91. The largest absolute Gasteiger partial charge is 0.733 e. The molecule has 0 unspecified atom stereocenters. The number of aliphatic hydroxyl groups excluding tert-OH is 2. The number of rotatable bonds is 6. The van der Waals surface area contributed by atoms with E-state index in [1.54, 1.807) is 0 Å². The molecule has 7 nitrogen and oxygen atoms in total. The number of Topliss-reactive ketones (excluding diaryl/α,β-unsaturated/α-hetero) is 1. The molecule has 2 fully saturated rings. The second-order valence-corrected chi connectivity index (χ2v) is 7.81. The summed E-state index contributed by atoms with van der Waals surface area (Å²) >= 11 is 0. The normalized spacial score (nSPS) is 27.6. The Bertz CT molecular complexity index is 726. The zero-order valence-electron chi connectivity index (χ0n) is 15.1. The van der Waals surface area contributed by atoms with E-state index in [0.717, 1.165) is 5.57 Å². The van der Waals surface area contributed by atoms with Crippen LogP contribution in [0.5, 0.6) is 0 Å². The maximum Gasteiger partial charge on any atom is 0.161 e. The van der Waals surface area contributed by atoms with Crippen molar-refractivity contribution in [2.75, 3.05) is 11.8 Å². The zero-order chi connectivity index (χ0) is 19.2. The van der Waals surface area contributed by atoms with E-state index in [1.807, 2.05) is 6.92 Å². The van der Waals surface area contributed by atoms with Gasteiger partial charge in [-0.1, -0.05) is 26.0 Å². The second kappa shape index (κ2) is 6.66. The molecule has 0 spiro atoms. The first-order valence-electron chi connectivity index (χ1n) is 8.74. The number of hydrogen-bond donors (Lipinski definition) is 4. The maximum absolute atomic E-state index is 12.3. The van der Waals surface area contributed by atoms with E-state index >= 15 is 0 Å². The average Bonchev–Trinajstić information content (AvgIpc) is 2.94. The van der Waals surface area contributed by atoms with Crippen LogP contribution in [0.1, 0.15) is 38.9 Å². The van der Waals surface area contributed by atoms with Crippen LogP contribution in [0.2, 0.25) is 0 Å². The fraction of sp³-hybridized carbons (Fsp3) is 0.526. The SMILES string of the molecule is CC(N[C@H](CO)[C@H](O)c1ccc(N([O-])O)cc1)=C1C(=O)C[C@@H]2[C@@H]1C2(C)C. The molecule has 0 aliphatic heterocycles. The predicted molar refractivity (Wildman–Crippen MR) is 96.1 cm³/mol. The molecular formula is C19H25N2O5-. The van der Waals surface area contributed by atoms with E-state index < -0.39 is 12.1 Å². The lowest BCUT2D eigenvalue weighted by molar-refractivity contribution is -0.115. The van der Waals surface area contributed by atoms with Gasteiger partial charge in [0.05, 0.1) is 18.3 Å². The van der Waals surface area contributed by atoms with Crippen molar-refractivity contribution in [3.8, 4) is 0 Å². The van der Waals surface area contributed by atoms with Crippen molar-refractivity contribution in [2.24, 2.45) is 17.3 Å². The quantitative estimate of drug-likeness (QED) is 0.451. The van der Waals surface area contributed by atoms with Crippen LogP contribution >= 0.6 is 0 Å². The summed E-state index contributed by atoms with van der Waals surface area (Å²) in [6.07, 6.45) is -0.477. The fourth-order valence-corrected chi connectivity index (χ4v) is 4.24. The highest BCUT2D eigenvalue weighted by molar-refractivity contribution is 6.01. The lowest BCUT2D eigenvalue weighted by Crippen LogP contribution is -2.38. The van der Waals surface area contributed by atoms with Gasteiger partial charge in [-0.2, -0.15) is 0 Å². The molecule has 7 heteroatoms. The number of nitrogens with one attached hydrogen (secondary N) is 1. The molecular weight excluding hydrogens is 336 g/mol. The number of carbonyl (C=O) groups excluding carboxylic acids is 1. The number of aliphatic hydroxyl groups is 2. The Morgan fingerprint density at radius 2 is 2.00 bits per heavy atom. The Labute approximate surface area is 152 Å². The van der Waals surface area contributed by atoms with Crippen LogP contribution < -0.4 is 10.5 Å². The number of anilines is 1. The van der Waals surface area contributed by atoms with E-state index in [9.17, 15) is 20.2 Å². The Balaban J connectivity index is 1.76. The van der Waals surface area contributed by atoms with Gasteiger partial charge in [0.2, 0.25) is 0 Å². The molecule has 0 heterocycles. The lowest BCUT2D eigenvalue weighted by atomic mass is 9.94. The van der Waals surface area contributed by atoms with Crippen molar-refractivity contribution < 1.29 is 20.2 Å². The van der Waals surface area contributed by atoms with Gasteiger partial charge in [-0.15, -0.1) is 0 Å². The minimum Gasteiger partial charge on any atom is -0.733 e. The molecule has 0 amide bonds. The molecule has 3 rings (SSSR count). The standard InChI is InChI=1S/C19H25N2O5/c1-10(16-15(23)8-13-17(16)19(13,2)3)20-14(9-22)18(24)11-4-6-12(7-5-11)21(25)26/h4-7,13-14,17-18,20,22,24-25H,8-9H2,1-3H3/q-1/t13-,14-,17+,18-/m1/s1. The molecule has 2 aliphatic carbocycles. The van der Waals surface area contributed by atoms with Crippen LogP contribution in [0.4, 0.5) is 5.69 Å². The molecule has 4 atom stereocenters. The first kappa shape index (κ1) is 18.8. The van der Waals surface area contributed by atoms with Gasteiger partial charge in [-0.05, 0) is 41.9 Å². The number of carbonyl (C=O) groups is 1. The smallest absolute Gasteiger partial charge is 0.161 e. The second-order valence-electron chi connectivity index (χ2n) is 7.81. The number of fused-ring (bicyclic) bond motifs is 1. The van der Waals surface area contributed by atoms with Gasteiger partial charge in [0.1, 0.15) is 6.10 Å². The highest BCUT2D eigenvalue weighted by Gasteiger charge is 2.65. The van der Waals surface area contributed by atoms with Crippen molar-refractivity contribution >= 4 is 11.5 Å². The van der Waals surface area contributed by atoms with E-state index in [0.29, 0.717) is 23.6 Å². The van der Waals surface area contributed by atoms with E-state index in [-0.39, 0.29) is 34.6 Å². The molecule has 2 aliphatic rings. The van der Waals surface area contributed by atoms with Crippen molar-refractivity contribution in [2.45, 2.75) is 39.3 Å². The lowest BCUT2D eigenvalue weighted by Gasteiger charge is -2.26. The number of hydrogen-bond acceptors (Lipinski definition) is 7. The maximum atomic E-state index is 12.3. The Kier molecular flexibility index (Phi) is 4.83. The monoisotopic (exact) mass is 361 g/mol. The van der Waals surface area contributed by atoms with Gasteiger partial charge in [0.25, 0.3) is 0 Å². The Morgan fingerprint density at radius 3 is 2.50 bits per heavy atom. The number of allylic oxidation sites excluding steroid dienone is 2. The third-order valence-corrected chi connectivity index (χ3v) is 5.91. The van der Waals surface area contributed by atoms with Crippen molar-refractivity contribution in [3.63, 3.8) is 0 Å². The summed E-state index contributed by atoms with van der Waals surface area (Å²) in [5, 5.41) is 42.8. The topological polar surface area (TPSA) is 116 Å². The molecule has 1 aromatic carbocycles. The van der Waals surface area contributed by atoms with E-state index in [1.165, 1.54) is 24.3 Å². The highest BCUT2D eigenvalue weighted by atomic mass is 16.8. The van der Waals surface area contributed by atoms with E-state index in [2.05, 4.69) is 19.2 Å². The molecule has 2 saturated carbocycles. The molecule has 142 valence electrons. The Hall–Kier alpha value is -1.93.